The molecule has 0 bridgehead atoms. The number of carbonyl (C=O) groups is 2. The van der Waals surface area contributed by atoms with E-state index in [4.69, 9.17) is 9.47 Å². The van der Waals surface area contributed by atoms with Crippen molar-refractivity contribution in [1.29, 1.82) is 0 Å². The number of ether oxygens (including phenoxy) is 2. The zero-order valence-electron chi connectivity index (χ0n) is 12.9. The molecule has 2 amide bonds. The number of hydrogen-bond donors (Lipinski definition) is 2. The zero-order chi connectivity index (χ0) is 16.6. The van der Waals surface area contributed by atoms with Crippen LogP contribution in [-0.4, -0.2) is 18.6 Å². The lowest BCUT2D eigenvalue weighted by Gasteiger charge is -2.15. The number of carbonyl (C=O) groups excluding carboxylic acids is 2. The Bertz CT molecular complexity index is 800. The molecule has 0 aromatic heterocycles. The van der Waals surface area contributed by atoms with Crippen molar-refractivity contribution in [2.75, 3.05) is 17.4 Å². The van der Waals surface area contributed by atoms with E-state index in [1.54, 1.807) is 30.3 Å². The average molecular weight is 324 g/mol. The molecule has 2 aromatic carbocycles. The van der Waals surface area contributed by atoms with Crippen LogP contribution < -0.4 is 20.1 Å². The number of anilines is 2. The molecular formula is C18H16N2O4. The zero-order valence-corrected chi connectivity index (χ0v) is 12.9. The highest BCUT2D eigenvalue weighted by molar-refractivity contribution is 6.16. The van der Waals surface area contributed by atoms with Crippen LogP contribution in [0.4, 0.5) is 11.4 Å². The fourth-order valence-electron chi connectivity index (χ4n) is 2.68. The number of nitrogens with one attached hydrogen (secondary N) is 2. The lowest BCUT2D eigenvalue weighted by Crippen LogP contribution is -2.35. The van der Waals surface area contributed by atoms with E-state index >= 15 is 0 Å². The van der Waals surface area contributed by atoms with E-state index in [9.17, 15) is 9.59 Å². The third-order valence-electron chi connectivity index (χ3n) is 4.28. The first-order valence-electron chi connectivity index (χ1n) is 7.75. The van der Waals surface area contributed by atoms with Crippen LogP contribution in [0.25, 0.3) is 0 Å². The number of rotatable bonds is 4. The summed E-state index contributed by atoms with van der Waals surface area (Å²) in [7, 11) is 0. The summed E-state index contributed by atoms with van der Waals surface area (Å²) in [6.45, 7) is 0.177. The Morgan fingerprint density at radius 2 is 1.50 bits per heavy atom. The maximum absolute atomic E-state index is 12.6. The van der Waals surface area contributed by atoms with Gasteiger partial charge in [0.15, 0.2) is 11.5 Å². The number of benzene rings is 2. The molecule has 6 nitrogen and oxygen atoms in total. The number of para-hydroxylation sites is 1. The summed E-state index contributed by atoms with van der Waals surface area (Å²) in [6.07, 6.45) is 1.09. The van der Waals surface area contributed by atoms with Crippen molar-refractivity contribution < 1.29 is 19.1 Å². The van der Waals surface area contributed by atoms with Crippen LogP contribution >= 0.6 is 0 Å². The first kappa shape index (κ1) is 14.6. The van der Waals surface area contributed by atoms with Crippen LogP contribution in [0.1, 0.15) is 12.8 Å². The molecule has 2 N–H and O–H groups in total. The summed E-state index contributed by atoms with van der Waals surface area (Å²) in [5.74, 6) is 0.670. The van der Waals surface area contributed by atoms with Gasteiger partial charge in [0.25, 0.3) is 0 Å². The molecule has 1 aliphatic heterocycles. The van der Waals surface area contributed by atoms with Crippen molar-refractivity contribution in [3.8, 4) is 11.5 Å². The minimum Gasteiger partial charge on any atom is -0.454 e. The quantitative estimate of drug-likeness (QED) is 0.848. The van der Waals surface area contributed by atoms with Gasteiger partial charge in [0.1, 0.15) is 5.41 Å². The van der Waals surface area contributed by atoms with Crippen molar-refractivity contribution in [2.24, 2.45) is 5.41 Å². The minimum absolute atomic E-state index is 0.177. The molecule has 0 unspecified atom stereocenters. The monoisotopic (exact) mass is 324 g/mol. The molecule has 1 heterocycles. The van der Waals surface area contributed by atoms with Gasteiger partial charge in [-0.2, -0.15) is 0 Å². The topological polar surface area (TPSA) is 76.7 Å². The molecule has 2 aliphatic rings. The van der Waals surface area contributed by atoms with Crippen molar-refractivity contribution in [2.45, 2.75) is 12.8 Å². The van der Waals surface area contributed by atoms with Gasteiger partial charge in [0.05, 0.1) is 0 Å². The van der Waals surface area contributed by atoms with Crippen LogP contribution in [0, 0.1) is 5.41 Å². The fourth-order valence-corrected chi connectivity index (χ4v) is 2.68. The van der Waals surface area contributed by atoms with Crippen LogP contribution in [0.3, 0.4) is 0 Å². The molecular weight excluding hydrogens is 308 g/mol. The SMILES string of the molecule is O=C(Nc1ccccc1)C1(C(=O)Nc2ccc3c(c2)OCO3)CC1. The summed E-state index contributed by atoms with van der Waals surface area (Å²) in [5, 5.41) is 5.61. The smallest absolute Gasteiger partial charge is 0.240 e. The Balaban J connectivity index is 1.46. The van der Waals surface area contributed by atoms with Crippen LogP contribution in [0.2, 0.25) is 0 Å². The molecule has 0 atom stereocenters. The lowest BCUT2D eigenvalue weighted by molar-refractivity contribution is -0.131. The second-order valence-corrected chi connectivity index (χ2v) is 5.92. The van der Waals surface area contributed by atoms with E-state index in [0.717, 1.165) is 0 Å². The molecule has 1 fully saturated rings. The highest BCUT2D eigenvalue weighted by Crippen LogP contribution is 2.47. The summed E-state index contributed by atoms with van der Waals surface area (Å²) in [4.78, 5) is 25.1. The Morgan fingerprint density at radius 3 is 2.21 bits per heavy atom. The molecule has 2 aromatic rings. The lowest BCUT2D eigenvalue weighted by atomic mass is 10.0. The maximum atomic E-state index is 12.6. The van der Waals surface area contributed by atoms with Gasteiger partial charge in [-0.3, -0.25) is 9.59 Å². The van der Waals surface area contributed by atoms with Crippen LogP contribution in [0.5, 0.6) is 11.5 Å². The van der Waals surface area contributed by atoms with E-state index in [-0.39, 0.29) is 18.6 Å². The number of amides is 2. The van der Waals surface area contributed by atoms with Gasteiger partial charge in [-0.1, -0.05) is 18.2 Å². The Labute approximate surface area is 138 Å². The Kier molecular flexibility index (Phi) is 3.37. The van der Waals surface area contributed by atoms with E-state index in [2.05, 4.69) is 10.6 Å². The van der Waals surface area contributed by atoms with Gasteiger partial charge in [0, 0.05) is 17.4 Å². The fraction of sp³-hybridized carbons (Fsp3) is 0.222. The van der Waals surface area contributed by atoms with Gasteiger partial charge in [-0.25, -0.2) is 0 Å². The number of hydrogen-bond acceptors (Lipinski definition) is 4. The average Bonchev–Trinajstić information content (AvgIpc) is 3.28. The summed E-state index contributed by atoms with van der Waals surface area (Å²) in [5.41, 5.74) is 0.277. The summed E-state index contributed by atoms with van der Waals surface area (Å²) >= 11 is 0. The summed E-state index contributed by atoms with van der Waals surface area (Å²) in [6, 6.07) is 14.3. The predicted octanol–water partition coefficient (Wildman–Crippen LogP) is 2.77. The molecule has 1 saturated carbocycles. The highest BCUT2D eigenvalue weighted by atomic mass is 16.7. The van der Waals surface area contributed by atoms with Crippen molar-refractivity contribution in [1.82, 2.24) is 0 Å². The minimum atomic E-state index is -0.994. The normalized spacial score (nSPS) is 16.3. The summed E-state index contributed by atoms with van der Waals surface area (Å²) < 4.78 is 10.5. The van der Waals surface area contributed by atoms with E-state index in [1.165, 1.54) is 0 Å². The van der Waals surface area contributed by atoms with Crippen molar-refractivity contribution >= 4 is 23.2 Å². The molecule has 0 saturated heterocycles. The largest absolute Gasteiger partial charge is 0.454 e. The first-order chi connectivity index (χ1) is 11.7. The maximum Gasteiger partial charge on any atom is 0.240 e. The first-order valence-corrected chi connectivity index (χ1v) is 7.75. The van der Waals surface area contributed by atoms with E-state index in [0.29, 0.717) is 35.7 Å². The third kappa shape index (κ3) is 2.56. The molecule has 6 heteroatoms. The molecule has 4 rings (SSSR count). The molecule has 24 heavy (non-hydrogen) atoms. The van der Waals surface area contributed by atoms with E-state index < -0.39 is 5.41 Å². The Morgan fingerprint density at radius 1 is 0.833 bits per heavy atom. The van der Waals surface area contributed by atoms with Crippen LogP contribution in [0.15, 0.2) is 48.5 Å². The number of fused-ring (bicyclic) bond motifs is 1. The van der Waals surface area contributed by atoms with Gasteiger partial charge >= 0.3 is 0 Å². The van der Waals surface area contributed by atoms with Gasteiger partial charge in [-0.15, -0.1) is 0 Å². The molecule has 122 valence electrons. The molecule has 1 aliphatic carbocycles. The third-order valence-corrected chi connectivity index (χ3v) is 4.28. The predicted molar refractivity (Wildman–Crippen MR) is 87.9 cm³/mol. The van der Waals surface area contributed by atoms with E-state index in [1.807, 2.05) is 18.2 Å². The van der Waals surface area contributed by atoms with Gasteiger partial charge in [-0.05, 0) is 37.1 Å². The van der Waals surface area contributed by atoms with Crippen LogP contribution in [-0.2, 0) is 9.59 Å². The second kappa shape index (κ2) is 5.56. The van der Waals surface area contributed by atoms with Crippen molar-refractivity contribution in [3.63, 3.8) is 0 Å². The standard InChI is InChI=1S/C18H16N2O4/c21-16(19-12-4-2-1-3-5-12)18(8-9-18)17(22)20-13-6-7-14-15(10-13)24-11-23-14/h1-7,10H,8-9,11H2,(H,19,21)(H,20,22). The van der Waals surface area contributed by atoms with Gasteiger partial charge < -0.3 is 20.1 Å². The van der Waals surface area contributed by atoms with Gasteiger partial charge in [0.2, 0.25) is 18.6 Å². The Hall–Kier alpha value is -3.02. The highest BCUT2D eigenvalue weighted by Gasteiger charge is 2.56. The molecule has 0 radical (unpaired) electrons. The van der Waals surface area contributed by atoms with Crippen molar-refractivity contribution in [3.05, 3.63) is 48.5 Å². The molecule has 0 spiro atoms. The second-order valence-electron chi connectivity index (χ2n) is 5.92.